The van der Waals surface area contributed by atoms with Gasteiger partial charge in [-0.15, -0.1) is 0 Å². The Bertz CT molecular complexity index is 894. The van der Waals surface area contributed by atoms with Gasteiger partial charge in [0.15, 0.2) is 0 Å². The van der Waals surface area contributed by atoms with Gasteiger partial charge in [0.1, 0.15) is 5.75 Å². The molecule has 0 saturated heterocycles. The van der Waals surface area contributed by atoms with E-state index in [1.54, 1.807) is 18.2 Å². The van der Waals surface area contributed by atoms with Crippen molar-refractivity contribution in [2.75, 3.05) is 19.3 Å². The summed E-state index contributed by atoms with van der Waals surface area (Å²) in [5.74, 6) is -0.220. The van der Waals surface area contributed by atoms with Crippen molar-refractivity contribution in [1.29, 1.82) is 0 Å². The second kappa shape index (κ2) is 8.98. The van der Waals surface area contributed by atoms with E-state index in [0.29, 0.717) is 35.8 Å². The van der Waals surface area contributed by atoms with Gasteiger partial charge in [-0.2, -0.15) is 0 Å². The molecule has 0 radical (unpaired) electrons. The number of nitrogens with zero attached hydrogens (tertiary/aromatic N) is 1. The van der Waals surface area contributed by atoms with Crippen LogP contribution in [0.1, 0.15) is 25.8 Å². The molecular formula is C19H26ClN3O4S. The first-order valence-corrected chi connectivity index (χ1v) is 11.1. The molecule has 0 spiro atoms. The molecule has 1 aromatic carbocycles. The minimum Gasteiger partial charge on any atom is -0.508 e. The van der Waals surface area contributed by atoms with Crippen LogP contribution in [0.2, 0.25) is 5.02 Å². The van der Waals surface area contributed by atoms with Gasteiger partial charge >= 0.3 is 0 Å². The molecule has 1 aliphatic rings. The van der Waals surface area contributed by atoms with E-state index in [9.17, 15) is 18.3 Å². The molecule has 0 bridgehead atoms. The zero-order valence-corrected chi connectivity index (χ0v) is 17.8. The third-order valence-electron chi connectivity index (χ3n) is 4.50. The monoisotopic (exact) mass is 427 g/mol. The SMILES string of the molecule is CC(C)(CCNS(C)(=O)=O)N1C=CC(NC(=O)Cc2cc(Cl)ccc2O)=CC1. The average Bonchev–Trinajstić information content (AvgIpc) is 2.57. The van der Waals surface area contributed by atoms with E-state index in [4.69, 9.17) is 11.6 Å². The van der Waals surface area contributed by atoms with E-state index < -0.39 is 10.0 Å². The fourth-order valence-electron chi connectivity index (χ4n) is 2.80. The summed E-state index contributed by atoms with van der Waals surface area (Å²) in [5.41, 5.74) is 0.881. The third-order valence-corrected chi connectivity index (χ3v) is 5.46. The number of hydrogen-bond donors (Lipinski definition) is 3. The summed E-state index contributed by atoms with van der Waals surface area (Å²) in [5, 5.41) is 13.1. The van der Waals surface area contributed by atoms with Crippen molar-refractivity contribution < 1.29 is 18.3 Å². The molecule has 1 heterocycles. The van der Waals surface area contributed by atoms with Crippen LogP contribution in [-0.2, 0) is 21.2 Å². The lowest BCUT2D eigenvalue weighted by molar-refractivity contribution is -0.119. The normalized spacial score (nSPS) is 14.7. The number of sulfonamides is 1. The maximum absolute atomic E-state index is 12.2. The number of aromatic hydroxyl groups is 1. The van der Waals surface area contributed by atoms with Gasteiger partial charge in [0.25, 0.3) is 0 Å². The lowest BCUT2D eigenvalue weighted by Crippen LogP contribution is -2.44. The number of phenols is 1. The quantitative estimate of drug-likeness (QED) is 0.590. The fraction of sp³-hybridized carbons (Fsp3) is 0.421. The smallest absolute Gasteiger partial charge is 0.228 e. The number of phenolic OH excluding ortho intramolecular Hbond substituents is 1. The molecule has 0 aromatic heterocycles. The van der Waals surface area contributed by atoms with Crippen LogP contribution in [0.15, 0.2) is 42.2 Å². The topological polar surface area (TPSA) is 98.7 Å². The Balaban J connectivity index is 1.88. The number of nitrogens with one attached hydrogen (secondary N) is 2. The Morgan fingerprint density at radius 3 is 2.68 bits per heavy atom. The second-order valence-electron chi connectivity index (χ2n) is 7.35. The molecule has 2 rings (SSSR count). The van der Waals surface area contributed by atoms with Crippen molar-refractivity contribution in [1.82, 2.24) is 14.9 Å². The lowest BCUT2D eigenvalue weighted by atomic mass is 9.97. The minimum absolute atomic E-state index is 0.0178. The molecule has 154 valence electrons. The highest BCUT2D eigenvalue weighted by Crippen LogP contribution is 2.23. The van der Waals surface area contributed by atoms with Gasteiger partial charge in [0.2, 0.25) is 15.9 Å². The van der Waals surface area contributed by atoms with Crippen LogP contribution in [0.5, 0.6) is 5.75 Å². The Morgan fingerprint density at radius 2 is 2.07 bits per heavy atom. The molecular weight excluding hydrogens is 402 g/mol. The Morgan fingerprint density at radius 1 is 1.36 bits per heavy atom. The second-order valence-corrected chi connectivity index (χ2v) is 9.62. The summed E-state index contributed by atoms with van der Waals surface area (Å²) in [4.78, 5) is 14.3. The summed E-state index contributed by atoms with van der Waals surface area (Å²) in [6.45, 7) is 4.99. The molecule has 0 aliphatic carbocycles. The van der Waals surface area contributed by atoms with Crippen molar-refractivity contribution in [2.45, 2.75) is 32.2 Å². The van der Waals surface area contributed by atoms with Gasteiger partial charge in [0, 0.05) is 41.1 Å². The number of carbonyl (C=O) groups is 1. The van der Waals surface area contributed by atoms with E-state index >= 15 is 0 Å². The first-order valence-electron chi connectivity index (χ1n) is 8.83. The van der Waals surface area contributed by atoms with E-state index in [-0.39, 0.29) is 23.6 Å². The first kappa shape index (κ1) is 22.3. The minimum atomic E-state index is -3.20. The predicted octanol–water partition coefficient (Wildman–Crippen LogP) is 2.14. The largest absolute Gasteiger partial charge is 0.508 e. The maximum Gasteiger partial charge on any atom is 0.228 e. The van der Waals surface area contributed by atoms with Crippen molar-refractivity contribution in [3.8, 4) is 5.75 Å². The molecule has 3 N–H and O–H groups in total. The lowest BCUT2D eigenvalue weighted by Gasteiger charge is -2.39. The van der Waals surface area contributed by atoms with Crippen LogP contribution in [0, 0.1) is 0 Å². The van der Waals surface area contributed by atoms with Crippen molar-refractivity contribution in [2.24, 2.45) is 0 Å². The predicted molar refractivity (Wildman–Crippen MR) is 110 cm³/mol. The van der Waals surface area contributed by atoms with Crippen molar-refractivity contribution in [3.63, 3.8) is 0 Å². The molecule has 1 aliphatic heterocycles. The van der Waals surface area contributed by atoms with Gasteiger partial charge in [-0.05, 0) is 50.6 Å². The Labute approximate surface area is 171 Å². The van der Waals surface area contributed by atoms with Gasteiger partial charge in [0.05, 0.1) is 12.7 Å². The van der Waals surface area contributed by atoms with Crippen LogP contribution in [0.3, 0.4) is 0 Å². The number of carbonyl (C=O) groups excluding carboxylic acids is 1. The van der Waals surface area contributed by atoms with E-state index in [1.165, 1.54) is 6.07 Å². The molecule has 0 fully saturated rings. The number of rotatable bonds is 8. The standard InChI is InChI=1S/C19H26ClN3O4S/c1-19(2,8-9-21-28(3,26)27)23-10-6-16(7-11-23)22-18(25)13-14-12-15(20)4-5-17(14)24/h4-7,10,12,21,24H,8-9,11,13H2,1-3H3,(H,22,25). The zero-order chi connectivity index (χ0) is 20.9. The number of benzene rings is 1. The van der Waals surface area contributed by atoms with Crippen LogP contribution in [-0.4, -0.2) is 49.2 Å². The first-order chi connectivity index (χ1) is 13.0. The highest BCUT2D eigenvalue weighted by atomic mass is 35.5. The molecule has 28 heavy (non-hydrogen) atoms. The number of allylic oxidation sites excluding steroid dienone is 1. The molecule has 7 nitrogen and oxygen atoms in total. The molecule has 0 unspecified atom stereocenters. The van der Waals surface area contributed by atoms with Crippen LogP contribution >= 0.6 is 11.6 Å². The third kappa shape index (κ3) is 6.85. The highest BCUT2D eigenvalue weighted by Gasteiger charge is 2.25. The highest BCUT2D eigenvalue weighted by molar-refractivity contribution is 7.88. The van der Waals surface area contributed by atoms with Crippen LogP contribution in [0.25, 0.3) is 0 Å². The summed E-state index contributed by atoms with van der Waals surface area (Å²) >= 11 is 5.90. The van der Waals surface area contributed by atoms with E-state index in [2.05, 4.69) is 14.9 Å². The summed E-state index contributed by atoms with van der Waals surface area (Å²) in [6, 6.07) is 4.59. The summed E-state index contributed by atoms with van der Waals surface area (Å²) in [7, 11) is -3.20. The number of amides is 1. The molecule has 1 amide bonds. The van der Waals surface area contributed by atoms with Gasteiger partial charge in [-0.1, -0.05) is 11.6 Å². The Hall–Kier alpha value is -2.03. The average molecular weight is 428 g/mol. The Kier molecular flexibility index (Phi) is 7.14. The van der Waals surface area contributed by atoms with E-state index in [1.807, 2.05) is 26.1 Å². The van der Waals surface area contributed by atoms with Crippen LogP contribution < -0.4 is 10.0 Å². The van der Waals surface area contributed by atoms with Gasteiger partial charge < -0.3 is 15.3 Å². The molecule has 9 heteroatoms. The zero-order valence-electron chi connectivity index (χ0n) is 16.2. The summed E-state index contributed by atoms with van der Waals surface area (Å²) < 4.78 is 24.9. The van der Waals surface area contributed by atoms with Crippen LogP contribution in [0.4, 0.5) is 0 Å². The van der Waals surface area contributed by atoms with Gasteiger partial charge in [-0.3, -0.25) is 4.79 Å². The number of hydrogen-bond acceptors (Lipinski definition) is 5. The molecule has 1 aromatic rings. The van der Waals surface area contributed by atoms with Gasteiger partial charge in [-0.25, -0.2) is 13.1 Å². The fourth-order valence-corrected chi connectivity index (χ4v) is 3.46. The maximum atomic E-state index is 12.2. The van der Waals surface area contributed by atoms with Crippen molar-refractivity contribution >= 4 is 27.5 Å². The molecule has 0 atom stereocenters. The number of halogens is 1. The molecule has 0 saturated carbocycles. The summed E-state index contributed by atoms with van der Waals surface area (Å²) in [6.07, 6.45) is 7.36. The van der Waals surface area contributed by atoms with E-state index in [0.717, 1.165) is 6.26 Å². The van der Waals surface area contributed by atoms with Crippen molar-refractivity contribution in [3.05, 3.63) is 52.8 Å².